The van der Waals surface area contributed by atoms with Gasteiger partial charge >= 0.3 is 0 Å². The molecule has 128 valence electrons. The van der Waals surface area contributed by atoms with Crippen LogP contribution in [-0.2, 0) is 4.79 Å². The monoisotopic (exact) mass is 357 g/mol. The molecule has 2 aromatic carbocycles. The molecular formula is C17H15N3O4S. The molecule has 0 aliphatic carbocycles. The fourth-order valence-electron chi connectivity index (χ4n) is 2.19. The summed E-state index contributed by atoms with van der Waals surface area (Å²) in [4.78, 5) is 26.6. The Labute approximate surface area is 147 Å². The number of non-ortho nitro benzene ring substituents is 1. The first-order valence-corrected chi connectivity index (χ1v) is 8.29. The van der Waals surface area contributed by atoms with Crippen LogP contribution in [0.5, 0.6) is 5.75 Å². The topological polar surface area (TPSA) is 94.4 Å². The maximum Gasteiger partial charge on any atom is 0.270 e. The molecule has 0 unspecified atom stereocenters. The molecule has 0 aliphatic heterocycles. The second-order valence-corrected chi connectivity index (χ2v) is 6.54. The summed E-state index contributed by atoms with van der Waals surface area (Å²) in [5.41, 5.74) is 2.83. The summed E-state index contributed by atoms with van der Waals surface area (Å²) in [7, 11) is 0. The van der Waals surface area contributed by atoms with Crippen molar-refractivity contribution in [1.82, 2.24) is 4.98 Å². The Balaban J connectivity index is 1.65. The van der Waals surface area contributed by atoms with E-state index in [4.69, 9.17) is 4.74 Å². The zero-order chi connectivity index (χ0) is 18.0. The Morgan fingerprint density at radius 1 is 1.24 bits per heavy atom. The Kier molecular flexibility index (Phi) is 4.62. The fourth-order valence-corrected chi connectivity index (χ4v) is 3.10. The largest absolute Gasteiger partial charge is 0.484 e. The highest BCUT2D eigenvalue weighted by atomic mass is 32.1. The van der Waals surface area contributed by atoms with Gasteiger partial charge in [-0.25, -0.2) is 4.98 Å². The molecule has 8 heteroatoms. The van der Waals surface area contributed by atoms with Crippen molar-refractivity contribution in [3.63, 3.8) is 0 Å². The quantitative estimate of drug-likeness (QED) is 0.553. The predicted molar refractivity (Wildman–Crippen MR) is 96.3 cm³/mol. The van der Waals surface area contributed by atoms with Crippen LogP contribution in [-0.4, -0.2) is 22.4 Å². The van der Waals surface area contributed by atoms with Gasteiger partial charge in [0.1, 0.15) is 5.75 Å². The summed E-state index contributed by atoms with van der Waals surface area (Å²) >= 11 is 1.18. The molecule has 0 atom stereocenters. The number of nitrogens with one attached hydrogen (secondary N) is 1. The smallest absolute Gasteiger partial charge is 0.270 e. The maximum absolute atomic E-state index is 12.0. The lowest BCUT2D eigenvalue weighted by molar-refractivity contribution is -0.384. The molecule has 0 radical (unpaired) electrons. The van der Waals surface area contributed by atoms with Crippen LogP contribution in [0, 0.1) is 24.0 Å². The number of benzene rings is 2. The van der Waals surface area contributed by atoms with E-state index in [9.17, 15) is 14.9 Å². The molecular weight excluding hydrogens is 342 g/mol. The second-order valence-electron chi connectivity index (χ2n) is 5.51. The van der Waals surface area contributed by atoms with Gasteiger partial charge in [0, 0.05) is 12.1 Å². The van der Waals surface area contributed by atoms with Gasteiger partial charge in [-0.05, 0) is 43.2 Å². The van der Waals surface area contributed by atoms with Crippen molar-refractivity contribution < 1.29 is 14.5 Å². The highest BCUT2D eigenvalue weighted by Gasteiger charge is 2.12. The third kappa shape index (κ3) is 3.92. The molecule has 0 spiro atoms. The minimum atomic E-state index is -0.463. The van der Waals surface area contributed by atoms with E-state index < -0.39 is 4.92 Å². The number of amides is 1. The van der Waals surface area contributed by atoms with E-state index in [0.29, 0.717) is 21.1 Å². The number of nitro groups is 1. The van der Waals surface area contributed by atoms with Crippen molar-refractivity contribution in [2.45, 2.75) is 13.8 Å². The van der Waals surface area contributed by atoms with E-state index in [1.165, 1.54) is 23.5 Å². The van der Waals surface area contributed by atoms with Crippen LogP contribution in [0.2, 0.25) is 0 Å². The number of nitrogens with zero attached hydrogens (tertiary/aromatic N) is 2. The lowest BCUT2D eigenvalue weighted by Gasteiger charge is -2.07. The molecule has 1 N–H and O–H groups in total. The summed E-state index contributed by atoms with van der Waals surface area (Å²) in [5.74, 6) is 0.282. The lowest BCUT2D eigenvalue weighted by atomic mass is 10.1. The van der Waals surface area contributed by atoms with E-state index in [1.807, 2.05) is 32.0 Å². The average molecular weight is 357 g/mol. The van der Waals surface area contributed by atoms with Crippen LogP contribution < -0.4 is 10.1 Å². The SMILES string of the molecule is Cc1ccc(OCC(=O)Nc2nc3ccc([N+](=O)[O-])cc3s2)cc1C. The Morgan fingerprint density at radius 2 is 2.04 bits per heavy atom. The summed E-state index contributed by atoms with van der Waals surface area (Å²) in [5, 5.41) is 13.8. The molecule has 0 fully saturated rings. The van der Waals surface area contributed by atoms with Crippen molar-refractivity contribution in [2.24, 2.45) is 0 Å². The summed E-state index contributed by atoms with van der Waals surface area (Å²) in [6, 6.07) is 10.0. The van der Waals surface area contributed by atoms with Crippen molar-refractivity contribution >= 4 is 38.3 Å². The van der Waals surface area contributed by atoms with Gasteiger partial charge in [0.25, 0.3) is 11.6 Å². The minimum Gasteiger partial charge on any atom is -0.484 e. The molecule has 0 bridgehead atoms. The number of thiazole rings is 1. The van der Waals surface area contributed by atoms with Gasteiger partial charge < -0.3 is 4.74 Å². The molecule has 3 rings (SSSR count). The van der Waals surface area contributed by atoms with E-state index in [2.05, 4.69) is 10.3 Å². The second kappa shape index (κ2) is 6.86. The number of fused-ring (bicyclic) bond motifs is 1. The van der Waals surface area contributed by atoms with Crippen molar-refractivity contribution in [2.75, 3.05) is 11.9 Å². The third-order valence-electron chi connectivity index (χ3n) is 3.68. The number of aromatic nitrogens is 1. The van der Waals surface area contributed by atoms with Gasteiger partial charge in [-0.15, -0.1) is 0 Å². The van der Waals surface area contributed by atoms with Gasteiger partial charge in [-0.3, -0.25) is 20.2 Å². The van der Waals surface area contributed by atoms with Gasteiger partial charge in [-0.2, -0.15) is 0 Å². The maximum atomic E-state index is 12.0. The number of hydrogen-bond acceptors (Lipinski definition) is 6. The standard InChI is InChI=1S/C17H15N3O4S/c1-10-3-5-13(7-11(10)2)24-9-16(21)19-17-18-14-6-4-12(20(22)23)8-15(14)25-17/h3-8H,9H2,1-2H3,(H,18,19,21). The third-order valence-corrected chi connectivity index (χ3v) is 4.61. The van der Waals surface area contributed by atoms with Gasteiger partial charge in [0.15, 0.2) is 11.7 Å². The number of carbonyl (C=O) groups is 1. The zero-order valence-electron chi connectivity index (χ0n) is 13.6. The van der Waals surface area contributed by atoms with Gasteiger partial charge in [-0.1, -0.05) is 17.4 Å². The van der Waals surface area contributed by atoms with Gasteiger partial charge in [0.2, 0.25) is 0 Å². The Hall–Kier alpha value is -3.00. The minimum absolute atomic E-state index is 0.00731. The Bertz CT molecular complexity index is 968. The number of carbonyl (C=O) groups excluding carboxylic acids is 1. The molecule has 25 heavy (non-hydrogen) atoms. The first-order valence-electron chi connectivity index (χ1n) is 7.47. The van der Waals surface area contributed by atoms with E-state index in [-0.39, 0.29) is 18.2 Å². The number of aryl methyl sites for hydroxylation is 2. The van der Waals surface area contributed by atoms with Crippen molar-refractivity contribution in [1.29, 1.82) is 0 Å². The highest BCUT2D eigenvalue weighted by Crippen LogP contribution is 2.29. The van der Waals surface area contributed by atoms with E-state index >= 15 is 0 Å². The van der Waals surface area contributed by atoms with Crippen LogP contribution in [0.1, 0.15) is 11.1 Å². The van der Waals surface area contributed by atoms with Crippen LogP contribution in [0.25, 0.3) is 10.2 Å². The summed E-state index contributed by atoms with van der Waals surface area (Å²) in [6.07, 6.45) is 0. The van der Waals surface area contributed by atoms with Crippen LogP contribution in [0.15, 0.2) is 36.4 Å². The first-order chi connectivity index (χ1) is 11.9. The number of ether oxygens (including phenoxy) is 1. The number of rotatable bonds is 5. The van der Waals surface area contributed by atoms with E-state index in [0.717, 1.165) is 11.1 Å². The van der Waals surface area contributed by atoms with Gasteiger partial charge in [0.05, 0.1) is 15.1 Å². The summed E-state index contributed by atoms with van der Waals surface area (Å²) < 4.78 is 6.11. The number of hydrogen-bond donors (Lipinski definition) is 1. The zero-order valence-corrected chi connectivity index (χ0v) is 14.4. The predicted octanol–water partition coefficient (Wildman–Crippen LogP) is 3.84. The molecule has 0 saturated heterocycles. The highest BCUT2D eigenvalue weighted by molar-refractivity contribution is 7.22. The Morgan fingerprint density at radius 3 is 2.76 bits per heavy atom. The molecule has 3 aromatic rings. The number of nitro benzene ring substituents is 1. The molecule has 0 aliphatic rings. The van der Waals surface area contributed by atoms with Crippen molar-refractivity contribution in [3.8, 4) is 5.75 Å². The van der Waals surface area contributed by atoms with Crippen molar-refractivity contribution in [3.05, 3.63) is 57.6 Å². The molecule has 7 nitrogen and oxygen atoms in total. The van der Waals surface area contributed by atoms with Crippen LogP contribution in [0.3, 0.4) is 0 Å². The molecule has 1 amide bonds. The fraction of sp³-hybridized carbons (Fsp3) is 0.176. The first kappa shape index (κ1) is 16.8. The normalized spacial score (nSPS) is 10.6. The lowest BCUT2D eigenvalue weighted by Crippen LogP contribution is -2.20. The average Bonchev–Trinajstić information content (AvgIpc) is 2.97. The van der Waals surface area contributed by atoms with E-state index in [1.54, 1.807) is 6.07 Å². The van der Waals surface area contributed by atoms with Crippen LogP contribution >= 0.6 is 11.3 Å². The molecule has 1 aromatic heterocycles. The molecule has 0 saturated carbocycles. The van der Waals surface area contributed by atoms with Crippen LogP contribution in [0.4, 0.5) is 10.8 Å². The summed E-state index contributed by atoms with van der Waals surface area (Å²) in [6.45, 7) is 3.84. The molecule has 1 heterocycles. The number of anilines is 1.